The summed E-state index contributed by atoms with van der Waals surface area (Å²) in [6.07, 6.45) is 5.52. The van der Waals surface area contributed by atoms with E-state index in [0.29, 0.717) is 0 Å². The second-order valence-corrected chi connectivity index (χ2v) is 7.42. The monoisotopic (exact) mass is 332 g/mol. The van der Waals surface area contributed by atoms with E-state index in [-0.39, 0.29) is 11.5 Å². The van der Waals surface area contributed by atoms with Gasteiger partial charge in [0.1, 0.15) is 18.2 Å². The van der Waals surface area contributed by atoms with Crippen molar-refractivity contribution in [3.63, 3.8) is 0 Å². The van der Waals surface area contributed by atoms with E-state index >= 15 is 0 Å². The van der Waals surface area contributed by atoms with E-state index in [0.717, 1.165) is 68.9 Å². The number of aryl methyl sites for hydroxylation is 1. The zero-order valence-electron chi connectivity index (χ0n) is 15.0. The van der Waals surface area contributed by atoms with Gasteiger partial charge in [0.2, 0.25) is 0 Å². The van der Waals surface area contributed by atoms with E-state index in [1.807, 2.05) is 6.92 Å². The van der Waals surface area contributed by atoms with Gasteiger partial charge in [0, 0.05) is 30.9 Å². The molecule has 1 N–H and O–H groups in total. The molecule has 0 unspecified atom stereocenters. The summed E-state index contributed by atoms with van der Waals surface area (Å²) in [4.78, 5) is 24.9. The Hall–Kier alpha value is -1.69. The number of aromatic nitrogens is 2. The van der Waals surface area contributed by atoms with Crippen LogP contribution in [0.15, 0.2) is 6.33 Å². The van der Waals surface area contributed by atoms with E-state index in [2.05, 4.69) is 33.6 Å². The molecule has 132 valence electrons. The molecule has 2 saturated heterocycles. The standard InChI is InChI=1S/C18H28N4O2/c1-4-7-22-11-18(10-15(22)17(23)24)5-8-21(9-6-18)16-13(2)14(3)19-12-20-16/h12,15H,4-11H2,1-3H3,(H,23,24)/t15-/m1/s1. The Labute approximate surface area is 143 Å². The minimum absolute atomic E-state index is 0.157. The molecule has 2 aliphatic heterocycles. The molecular formula is C18H28N4O2. The van der Waals surface area contributed by atoms with Crippen LogP contribution in [0.25, 0.3) is 0 Å². The maximum atomic E-state index is 11.6. The third-order valence-electron chi connectivity index (χ3n) is 5.83. The number of nitrogens with zero attached hydrogens (tertiary/aromatic N) is 4. The topological polar surface area (TPSA) is 69.6 Å². The Morgan fingerprint density at radius 3 is 2.67 bits per heavy atom. The van der Waals surface area contributed by atoms with Crippen LogP contribution in [0.3, 0.4) is 0 Å². The normalized spacial score (nSPS) is 23.8. The fourth-order valence-corrected chi connectivity index (χ4v) is 4.31. The lowest BCUT2D eigenvalue weighted by atomic mass is 9.76. The van der Waals surface area contributed by atoms with Crippen molar-refractivity contribution >= 4 is 11.8 Å². The van der Waals surface area contributed by atoms with E-state index < -0.39 is 5.97 Å². The average Bonchev–Trinajstić information content (AvgIpc) is 2.90. The number of carboxylic acid groups (broad SMARTS) is 1. The van der Waals surface area contributed by atoms with Crippen LogP contribution in [-0.2, 0) is 4.79 Å². The van der Waals surface area contributed by atoms with Crippen molar-refractivity contribution in [2.75, 3.05) is 31.1 Å². The molecule has 24 heavy (non-hydrogen) atoms. The SMILES string of the molecule is CCCN1CC2(CCN(c3ncnc(C)c3C)CC2)C[C@@H]1C(=O)O. The number of hydrogen-bond acceptors (Lipinski definition) is 5. The highest BCUT2D eigenvalue weighted by molar-refractivity contribution is 5.74. The van der Waals surface area contributed by atoms with Crippen molar-refractivity contribution < 1.29 is 9.90 Å². The highest BCUT2D eigenvalue weighted by atomic mass is 16.4. The highest BCUT2D eigenvalue weighted by Crippen LogP contribution is 2.44. The first-order chi connectivity index (χ1) is 11.5. The Bertz CT molecular complexity index is 611. The second-order valence-electron chi connectivity index (χ2n) is 7.42. The van der Waals surface area contributed by atoms with Gasteiger partial charge in [0.05, 0.1) is 0 Å². The summed E-state index contributed by atoms with van der Waals surface area (Å²) >= 11 is 0. The largest absolute Gasteiger partial charge is 0.480 e. The Balaban J connectivity index is 1.70. The molecule has 3 rings (SSSR count). The summed E-state index contributed by atoms with van der Waals surface area (Å²) in [5, 5.41) is 9.55. The van der Waals surface area contributed by atoms with Crippen LogP contribution >= 0.6 is 0 Å². The predicted octanol–water partition coefficient (Wildman–Crippen LogP) is 2.25. The van der Waals surface area contributed by atoms with Gasteiger partial charge in [-0.05, 0) is 51.5 Å². The third kappa shape index (κ3) is 3.11. The zero-order valence-corrected chi connectivity index (χ0v) is 15.0. The number of piperidine rings is 1. The Morgan fingerprint density at radius 2 is 2.04 bits per heavy atom. The molecule has 1 aromatic rings. The van der Waals surface area contributed by atoms with Gasteiger partial charge in [-0.25, -0.2) is 9.97 Å². The van der Waals surface area contributed by atoms with Crippen molar-refractivity contribution in [2.24, 2.45) is 5.41 Å². The lowest BCUT2D eigenvalue weighted by molar-refractivity contribution is -0.142. The van der Waals surface area contributed by atoms with E-state index in [1.165, 1.54) is 0 Å². The van der Waals surface area contributed by atoms with Crippen molar-refractivity contribution in [2.45, 2.75) is 52.5 Å². The molecule has 0 amide bonds. The van der Waals surface area contributed by atoms with Gasteiger partial charge in [-0.15, -0.1) is 0 Å². The second kappa shape index (κ2) is 6.67. The van der Waals surface area contributed by atoms with Crippen LogP contribution < -0.4 is 4.90 Å². The van der Waals surface area contributed by atoms with Crippen LogP contribution in [0.1, 0.15) is 43.9 Å². The predicted molar refractivity (Wildman–Crippen MR) is 93.3 cm³/mol. The van der Waals surface area contributed by atoms with E-state index in [4.69, 9.17) is 0 Å². The molecule has 6 nitrogen and oxygen atoms in total. The maximum Gasteiger partial charge on any atom is 0.320 e. The van der Waals surface area contributed by atoms with E-state index in [1.54, 1.807) is 6.33 Å². The summed E-state index contributed by atoms with van der Waals surface area (Å²) in [6.45, 7) is 9.91. The van der Waals surface area contributed by atoms with Gasteiger partial charge in [0.25, 0.3) is 0 Å². The first-order valence-electron chi connectivity index (χ1n) is 8.96. The lowest BCUT2D eigenvalue weighted by Gasteiger charge is -2.40. The average molecular weight is 332 g/mol. The van der Waals surface area contributed by atoms with Gasteiger partial charge >= 0.3 is 5.97 Å². The van der Waals surface area contributed by atoms with Crippen LogP contribution in [0.2, 0.25) is 0 Å². The molecule has 0 saturated carbocycles. The molecule has 1 atom stereocenters. The summed E-state index contributed by atoms with van der Waals surface area (Å²) in [7, 11) is 0. The molecule has 0 radical (unpaired) electrons. The van der Waals surface area contributed by atoms with Crippen LogP contribution in [-0.4, -0.2) is 58.2 Å². The molecule has 1 aromatic heterocycles. The highest BCUT2D eigenvalue weighted by Gasteiger charge is 2.47. The number of carboxylic acids is 1. The smallest absolute Gasteiger partial charge is 0.320 e. The first kappa shape index (κ1) is 17.1. The zero-order chi connectivity index (χ0) is 17.3. The van der Waals surface area contributed by atoms with Gasteiger partial charge < -0.3 is 10.0 Å². The molecule has 0 aromatic carbocycles. The fourth-order valence-electron chi connectivity index (χ4n) is 4.31. The van der Waals surface area contributed by atoms with Crippen molar-refractivity contribution in [3.05, 3.63) is 17.6 Å². The Morgan fingerprint density at radius 1 is 1.33 bits per heavy atom. The summed E-state index contributed by atoms with van der Waals surface area (Å²) in [5.41, 5.74) is 2.34. The number of aliphatic carboxylic acids is 1. The van der Waals surface area contributed by atoms with Crippen molar-refractivity contribution in [1.29, 1.82) is 0 Å². The molecular weight excluding hydrogens is 304 g/mol. The van der Waals surface area contributed by atoms with Crippen molar-refractivity contribution in [3.8, 4) is 0 Å². The minimum Gasteiger partial charge on any atom is -0.480 e. The first-order valence-corrected chi connectivity index (χ1v) is 8.96. The Kier molecular flexibility index (Phi) is 4.76. The molecule has 2 aliphatic rings. The molecule has 1 spiro atoms. The lowest BCUT2D eigenvalue weighted by Crippen LogP contribution is -2.42. The number of likely N-dealkylation sites (tertiary alicyclic amines) is 1. The number of rotatable bonds is 4. The maximum absolute atomic E-state index is 11.6. The minimum atomic E-state index is -0.662. The quantitative estimate of drug-likeness (QED) is 0.912. The summed E-state index contributed by atoms with van der Waals surface area (Å²) in [6, 6.07) is -0.306. The van der Waals surface area contributed by atoms with Crippen LogP contribution in [0.5, 0.6) is 0 Å². The molecule has 2 fully saturated rings. The van der Waals surface area contributed by atoms with Gasteiger partial charge in [-0.2, -0.15) is 0 Å². The number of hydrogen-bond donors (Lipinski definition) is 1. The summed E-state index contributed by atoms with van der Waals surface area (Å²) in [5.74, 6) is 0.376. The van der Waals surface area contributed by atoms with Crippen LogP contribution in [0.4, 0.5) is 5.82 Å². The molecule has 0 aliphatic carbocycles. The van der Waals surface area contributed by atoms with E-state index in [9.17, 15) is 9.90 Å². The fraction of sp³-hybridized carbons (Fsp3) is 0.722. The third-order valence-corrected chi connectivity index (χ3v) is 5.83. The summed E-state index contributed by atoms with van der Waals surface area (Å²) < 4.78 is 0. The van der Waals surface area contributed by atoms with Gasteiger partial charge in [0.15, 0.2) is 0 Å². The number of carbonyl (C=O) groups is 1. The van der Waals surface area contributed by atoms with Crippen molar-refractivity contribution in [1.82, 2.24) is 14.9 Å². The molecule has 3 heterocycles. The van der Waals surface area contributed by atoms with Gasteiger partial charge in [-0.1, -0.05) is 6.92 Å². The van der Waals surface area contributed by atoms with Crippen LogP contribution in [0, 0.1) is 19.3 Å². The van der Waals surface area contributed by atoms with Gasteiger partial charge in [-0.3, -0.25) is 9.69 Å². The number of anilines is 1. The molecule has 0 bridgehead atoms. The molecule has 6 heteroatoms.